The number of hydrogen-bond donors (Lipinski definition) is 1. The van der Waals surface area contributed by atoms with E-state index in [1.807, 2.05) is 6.07 Å². The number of urea groups is 1. The maximum atomic E-state index is 13.1. The number of amides is 3. The minimum atomic E-state index is -3.61. The zero-order valence-electron chi connectivity index (χ0n) is 18.4. The van der Waals surface area contributed by atoms with E-state index >= 15 is 0 Å². The Balaban J connectivity index is 1.42. The van der Waals surface area contributed by atoms with Gasteiger partial charge >= 0.3 is 6.03 Å². The third kappa shape index (κ3) is 5.41. The van der Waals surface area contributed by atoms with Gasteiger partial charge in [0.15, 0.2) is 0 Å². The molecule has 1 aliphatic heterocycles. The van der Waals surface area contributed by atoms with Crippen LogP contribution in [0.5, 0.6) is 0 Å². The lowest BCUT2D eigenvalue weighted by Crippen LogP contribution is -2.53. The Morgan fingerprint density at radius 2 is 1.53 bits per heavy atom. The largest absolute Gasteiger partial charge is 0.338 e. The van der Waals surface area contributed by atoms with Crippen LogP contribution in [0.4, 0.5) is 16.2 Å². The van der Waals surface area contributed by atoms with Crippen LogP contribution in [0.25, 0.3) is 0 Å². The molecule has 1 saturated heterocycles. The Kier molecular flexibility index (Phi) is 7.19. The molecule has 9 nitrogen and oxygen atoms in total. The van der Waals surface area contributed by atoms with E-state index < -0.39 is 16.1 Å². The summed E-state index contributed by atoms with van der Waals surface area (Å²) in [5.74, 6) is -0.274. The number of hydrogen-bond acceptors (Lipinski definition) is 5. The Morgan fingerprint density at radius 3 is 2.15 bits per heavy atom. The summed E-state index contributed by atoms with van der Waals surface area (Å²) < 4.78 is 27.1. The fourth-order valence-corrected chi connectivity index (χ4v) is 5.10. The first-order chi connectivity index (χ1) is 16.4. The number of piperazine rings is 1. The molecule has 2 heterocycles. The van der Waals surface area contributed by atoms with Gasteiger partial charge in [-0.25, -0.2) is 13.2 Å². The summed E-state index contributed by atoms with van der Waals surface area (Å²) in [6, 6.07) is 20.1. The standard InChI is InChI=1S/C24H25N5O4S/c30-23(27-14-16-28(17-15-27)34(32,33)22-11-5-2-6-12-22)19-29(21-10-7-13-25-18-21)24(31)26-20-8-3-1-4-9-20/h1-13,18H,14-17,19H2,(H,26,31). The maximum Gasteiger partial charge on any atom is 0.326 e. The number of sulfonamides is 1. The molecule has 0 radical (unpaired) electrons. The molecule has 10 heteroatoms. The first-order valence-electron chi connectivity index (χ1n) is 10.8. The van der Waals surface area contributed by atoms with E-state index in [9.17, 15) is 18.0 Å². The van der Waals surface area contributed by atoms with Gasteiger partial charge in [-0.15, -0.1) is 0 Å². The predicted octanol–water partition coefficient (Wildman–Crippen LogP) is 2.65. The van der Waals surface area contributed by atoms with Crippen LogP contribution in [0.15, 0.2) is 90.1 Å². The molecule has 2 aromatic carbocycles. The number of nitrogens with one attached hydrogen (secondary N) is 1. The van der Waals surface area contributed by atoms with Crippen LogP contribution in [0, 0.1) is 0 Å². The van der Waals surface area contributed by atoms with Gasteiger partial charge in [-0.3, -0.25) is 14.7 Å². The van der Waals surface area contributed by atoms with Gasteiger partial charge < -0.3 is 10.2 Å². The summed E-state index contributed by atoms with van der Waals surface area (Å²) in [6.07, 6.45) is 3.10. The quantitative estimate of drug-likeness (QED) is 0.586. The van der Waals surface area contributed by atoms with Crippen LogP contribution in [-0.4, -0.2) is 67.3 Å². The molecule has 0 spiro atoms. The number of para-hydroxylation sites is 1. The smallest absolute Gasteiger partial charge is 0.326 e. The van der Waals surface area contributed by atoms with Gasteiger partial charge in [-0.1, -0.05) is 36.4 Å². The van der Waals surface area contributed by atoms with E-state index in [1.54, 1.807) is 77.8 Å². The van der Waals surface area contributed by atoms with Crippen molar-refractivity contribution >= 4 is 33.3 Å². The molecule has 0 saturated carbocycles. The summed E-state index contributed by atoms with van der Waals surface area (Å²) in [6.45, 7) is 0.659. The highest BCUT2D eigenvalue weighted by Gasteiger charge is 2.31. The monoisotopic (exact) mass is 479 g/mol. The molecule has 1 aliphatic rings. The number of aromatic nitrogens is 1. The van der Waals surface area contributed by atoms with Crippen LogP contribution in [0.2, 0.25) is 0 Å². The molecule has 176 valence electrons. The van der Waals surface area contributed by atoms with Crippen molar-refractivity contribution in [1.82, 2.24) is 14.2 Å². The normalized spacial score (nSPS) is 14.4. The van der Waals surface area contributed by atoms with Crippen molar-refractivity contribution in [1.29, 1.82) is 0 Å². The van der Waals surface area contributed by atoms with Crippen molar-refractivity contribution in [3.05, 3.63) is 85.2 Å². The molecular weight excluding hydrogens is 454 g/mol. The summed E-state index contributed by atoms with van der Waals surface area (Å²) in [4.78, 5) is 33.3. The van der Waals surface area contributed by atoms with Crippen molar-refractivity contribution in [2.24, 2.45) is 0 Å². The summed E-state index contributed by atoms with van der Waals surface area (Å²) >= 11 is 0. The van der Waals surface area contributed by atoms with Gasteiger partial charge in [0.1, 0.15) is 6.54 Å². The number of carbonyl (C=O) groups excluding carboxylic acids is 2. The van der Waals surface area contributed by atoms with E-state index in [0.717, 1.165) is 0 Å². The van der Waals surface area contributed by atoms with Gasteiger partial charge in [-0.2, -0.15) is 4.31 Å². The van der Waals surface area contributed by atoms with Gasteiger partial charge in [-0.05, 0) is 36.4 Å². The number of benzene rings is 2. The number of pyridine rings is 1. The molecule has 0 unspecified atom stereocenters. The van der Waals surface area contributed by atoms with Crippen LogP contribution >= 0.6 is 0 Å². The zero-order valence-corrected chi connectivity index (χ0v) is 19.3. The van der Waals surface area contributed by atoms with E-state index in [1.165, 1.54) is 15.4 Å². The zero-order chi connectivity index (χ0) is 24.0. The average Bonchev–Trinajstić information content (AvgIpc) is 2.88. The molecule has 1 N–H and O–H groups in total. The minimum absolute atomic E-state index is 0.187. The van der Waals surface area contributed by atoms with E-state index in [2.05, 4.69) is 10.3 Å². The summed E-state index contributed by atoms with van der Waals surface area (Å²) in [7, 11) is -3.61. The number of rotatable bonds is 6. The van der Waals surface area contributed by atoms with E-state index in [4.69, 9.17) is 0 Å². The predicted molar refractivity (Wildman–Crippen MR) is 129 cm³/mol. The van der Waals surface area contributed by atoms with Crippen molar-refractivity contribution in [2.75, 3.05) is 42.9 Å². The minimum Gasteiger partial charge on any atom is -0.338 e. The average molecular weight is 480 g/mol. The fourth-order valence-electron chi connectivity index (χ4n) is 3.66. The van der Waals surface area contributed by atoms with Crippen LogP contribution in [0.1, 0.15) is 0 Å². The van der Waals surface area contributed by atoms with Gasteiger partial charge in [0, 0.05) is 38.1 Å². The molecule has 0 atom stereocenters. The van der Waals surface area contributed by atoms with Crippen LogP contribution < -0.4 is 10.2 Å². The van der Waals surface area contributed by atoms with Gasteiger partial charge in [0.05, 0.1) is 16.8 Å². The lowest BCUT2D eigenvalue weighted by molar-refractivity contribution is -0.130. The lowest BCUT2D eigenvalue weighted by Gasteiger charge is -2.35. The first-order valence-corrected chi connectivity index (χ1v) is 12.3. The molecule has 3 aromatic rings. The fraction of sp³-hybridized carbons (Fsp3) is 0.208. The third-order valence-corrected chi connectivity index (χ3v) is 7.41. The van der Waals surface area contributed by atoms with Crippen molar-refractivity contribution in [3.8, 4) is 0 Å². The third-order valence-electron chi connectivity index (χ3n) is 5.49. The number of nitrogens with zero attached hydrogens (tertiary/aromatic N) is 4. The Labute approximate surface area is 198 Å². The van der Waals surface area contributed by atoms with E-state index in [0.29, 0.717) is 11.4 Å². The highest BCUT2D eigenvalue weighted by Crippen LogP contribution is 2.19. The molecule has 3 amide bonds. The van der Waals surface area contributed by atoms with Crippen molar-refractivity contribution in [3.63, 3.8) is 0 Å². The van der Waals surface area contributed by atoms with Crippen molar-refractivity contribution in [2.45, 2.75) is 4.90 Å². The second kappa shape index (κ2) is 10.4. The molecule has 4 rings (SSSR count). The topological polar surface area (TPSA) is 103 Å². The highest BCUT2D eigenvalue weighted by atomic mass is 32.2. The molecule has 0 bridgehead atoms. The number of carbonyl (C=O) groups is 2. The second-order valence-corrected chi connectivity index (χ2v) is 9.63. The highest BCUT2D eigenvalue weighted by molar-refractivity contribution is 7.89. The first kappa shape index (κ1) is 23.4. The van der Waals surface area contributed by atoms with E-state index in [-0.39, 0.29) is 43.5 Å². The van der Waals surface area contributed by atoms with Crippen LogP contribution in [-0.2, 0) is 14.8 Å². The number of anilines is 2. The molecule has 1 aromatic heterocycles. The molecule has 1 fully saturated rings. The Morgan fingerprint density at radius 1 is 0.882 bits per heavy atom. The van der Waals surface area contributed by atoms with Crippen LogP contribution in [0.3, 0.4) is 0 Å². The molecule has 34 heavy (non-hydrogen) atoms. The van der Waals surface area contributed by atoms with Crippen molar-refractivity contribution < 1.29 is 18.0 Å². The maximum absolute atomic E-state index is 13.1. The second-order valence-electron chi connectivity index (χ2n) is 7.69. The lowest BCUT2D eigenvalue weighted by atomic mass is 10.3. The molecule has 0 aliphatic carbocycles. The van der Waals surface area contributed by atoms with Gasteiger partial charge in [0.2, 0.25) is 15.9 Å². The molecular formula is C24H25N5O4S. The Bertz CT molecular complexity index is 1220. The SMILES string of the molecule is O=C(CN(C(=O)Nc1ccccc1)c1cccnc1)N1CCN(S(=O)(=O)c2ccccc2)CC1. The summed E-state index contributed by atoms with van der Waals surface area (Å²) in [5, 5.41) is 2.79. The Hall–Kier alpha value is -3.76. The summed E-state index contributed by atoms with van der Waals surface area (Å²) in [5.41, 5.74) is 1.09. The van der Waals surface area contributed by atoms with Gasteiger partial charge in [0.25, 0.3) is 0 Å².